The molecule has 0 aliphatic rings. The summed E-state index contributed by atoms with van der Waals surface area (Å²) in [7, 11) is 0. The number of pyridine rings is 1. The van der Waals surface area contributed by atoms with Gasteiger partial charge in [0.25, 0.3) is 0 Å². The molecule has 0 saturated carbocycles. The number of amides is 1. The fraction of sp³-hybridized carbons (Fsp3) is 0.133. The number of hydrogen-bond donors (Lipinski definition) is 2. The van der Waals surface area contributed by atoms with Crippen LogP contribution in [0.2, 0.25) is 10.0 Å². The number of benzene rings is 1. The van der Waals surface area contributed by atoms with E-state index in [4.69, 9.17) is 23.2 Å². The van der Waals surface area contributed by atoms with Crippen LogP contribution >= 0.6 is 35.0 Å². The van der Waals surface area contributed by atoms with Gasteiger partial charge in [0.1, 0.15) is 0 Å². The second-order valence-corrected chi connectivity index (χ2v) is 6.69. The van der Waals surface area contributed by atoms with Crippen molar-refractivity contribution in [2.24, 2.45) is 0 Å². The topological polar surface area (TPSA) is 70.7 Å². The maximum Gasteiger partial charge on any atom is 0.234 e. The van der Waals surface area contributed by atoms with Gasteiger partial charge in [0.2, 0.25) is 5.91 Å². The second kappa shape index (κ2) is 6.78. The number of fused-ring (bicyclic) bond motifs is 1. The number of nitrogens with zero attached hydrogens (tertiary/aromatic N) is 2. The first kappa shape index (κ1) is 16.1. The number of hydrogen-bond acceptors (Lipinski definition) is 4. The Kier molecular flexibility index (Phi) is 4.75. The molecule has 8 heteroatoms. The molecule has 2 N–H and O–H groups in total. The van der Waals surface area contributed by atoms with E-state index in [1.54, 1.807) is 18.2 Å². The van der Waals surface area contributed by atoms with E-state index < -0.39 is 0 Å². The van der Waals surface area contributed by atoms with Crippen molar-refractivity contribution < 1.29 is 4.79 Å². The van der Waals surface area contributed by atoms with Crippen LogP contribution in [0.5, 0.6) is 0 Å². The Balaban J connectivity index is 1.63. The van der Waals surface area contributed by atoms with Crippen molar-refractivity contribution >= 4 is 57.7 Å². The van der Waals surface area contributed by atoms with Crippen molar-refractivity contribution in [1.29, 1.82) is 0 Å². The van der Waals surface area contributed by atoms with E-state index in [0.717, 1.165) is 11.1 Å². The molecule has 0 aliphatic carbocycles. The molecule has 0 saturated heterocycles. The van der Waals surface area contributed by atoms with E-state index in [-0.39, 0.29) is 11.7 Å². The first-order valence-corrected chi connectivity index (χ1v) is 8.45. The summed E-state index contributed by atoms with van der Waals surface area (Å²) >= 11 is 13.3. The summed E-state index contributed by atoms with van der Waals surface area (Å²) in [5.74, 6) is 0.0461. The van der Waals surface area contributed by atoms with Gasteiger partial charge in [-0.05, 0) is 30.7 Å². The molecule has 0 unspecified atom stereocenters. The number of H-pyrrole nitrogens is 1. The Morgan fingerprint density at radius 1 is 1.35 bits per heavy atom. The molecule has 3 rings (SSSR count). The SMILES string of the molecule is Cc1ccc(NC(=O)CSc2nc3ncc(Cl)cc3[nH]2)c(Cl)c1. The van der Waals surface area contributed by atoms with E-state index in [9.17, 15) is 4.79 Å². The summed E-state index contributed by atoms with van der Waals surface area (Å²) in [5, 5.41) is 4.44. The van der Waals surface area contributed by atoms with Crippen molar-refractivity contribution in [2.45, 2.75) is 12.1 Å². The van der Waals surface area contributed by atoms with Crippen molar-refractivity contribution in [3.05, 3.63) is 46.1 Å². The number of carbonyl (C=O) groups is 1. The number of thioether (sulfide) groups is 1. The van der Waals surface area contributed by atoms with Gasteiger partial charge in [-0.2, -0.15) is 0 Å². The van der Waals surface area contributed by atoms with Crippen LogP contribution in [-0.4, -0.2) is 26.6 Å². The third kappa shape index (κ3) is 3.96. The molecule has 0 radical (unpaired) electrons. The zero-order valence-corrected chi connectivity index (χ0v) is 14.4. The number of aromatic amines is 1. The van der Waals surface area contributed by atoms with Crippen LogP contribution in [0.4, 0.5) is 5.69 Å². The molecule has 0 spiro atoms. The Labute approximate surface area is 146 Å². The minimum Gasteiger partial charge on any atom is -0.331 e. The monoisotopic (exact) mass is 366 g/mol. The number of carbonyl (C=O) groups excluding carboxylic acids is 1. The van der Waals surface area contributed by atoms with Gasteiger partial charge in [-0.25, -0.2) is 9.97 Å². The first-order chi connectivity index (χ1) is 11.0. The van der Waals surface area contributed by atoms with Crippen LogP contribution in [-0.2, 0) is 4.79 Å². The molecule has 5 nitrogen and oxygen atoms in total. The van der Waals surface area contributed by atoms with Crippen LogP contribution < -0.4 is 5.32 Å². The third-order valence-electron chi connectivity index (χ3n) is 3.02. The number of anilines is 1. The normalized spacial score (nSPS) is 10.9. The summed E-state index contributed by atoms with van der Waals surface area (Å²) in [6.07, 6.45) is 1.53. The average Bonchev–Trinajstić information content (AvgIpc) is 2.90. The van der Waals surface area contributed by atoms with Crippen molar-refractivity contribution in [3.63, 3.8) is 0 Å². The van der Waals surface area contributed by atoms with Crippen LogP contribution in [0.1, 0.15) is 5.56 Å². The van der Waals surface area contributed by atoms with E-state index in [1.165, 1.54) is 18.0 Å². The van der Waals surface area contributed by atoms with Crippen molar-refractivity contribution in [1.82, 2.24) is 15.0 Å². The highest BCUT2D eigenvalue weighted by atomic mass is 35.5. The molecule has 23 heavy (non-hydrogen) atoms. The molecule has 3 aromatic rings. The summed E-state index contributed by atoms with van der Waals surface area (Å²) in [5.41, 5.74) is 2.94. The molecule has 118 valence electrons. The van der Waals surface area contributed by atoms with Crippen LogP contribution in [0.25, 0.3) is 11.2 Å². The molecule has 1 aromatic carbocycles. The molecule has 0 atom stereocenters. The molecule has 2 heterocycles. The number of imidazole rings is 1. The Morgan fingerprint density at radius 3 is 2.96 bits per heavy atom. The fourth-order valence-electron chi connectivity index (χ4n) is 1.96. The molecule has 1 amide bonds. The van der Waals surface area contributed by atoms with Crippen LogP contribution in [0.3, 0.4) is 0 Å². The van der Waals surface area contributed by atoms with E-state index in [2.05, 4.69) is 20.3 Å². The predicted molar refractivity (Wildman–Crippen MR) is 94.4 cm³/mol. The molecular formula is C15H12Cl2N4OS. The lowest BCUT2D eigenvalue weighted by molar-refractivity contribution is -0.113. The van der Waals surface area contributed by atoms with E-state index in [1.807, 2.05) is 13.0 Å². The molecule has 0 aliphatic heterocycles. The molecule has 2 aromatic heterocycles. The second-order valence-electron chi connectivity index (χ2n) is 4.89. The van der Waals surface area contributed by atoms with Gasteiger partial charge in [0.05, 0.1) is 27.0 Å². The van der Waals surface area contributed by atoms with Gasteiger partial charge < -0.3 is 10.3 Å². The number of halogens is 2. The number of rotatable bonds is 4. The van der Waals surface area contributed by atoms with Crippen molar-refractivity contribution in [3.8, 4) is 0 Å². The Bertz CT molecular complexity index is 881. The third-order valence-corrected chi connectivity index (χ3v) is 4.41. The Hall–Kier alpha value is -1.76. The summed E-state index contributed by atoms with van der Waals surface area (Å²) < 4.78 is 0. The minimum atomic E-state index is -0.160. The van der Waals surface area contributed by atoms with Gasteiger partial charge in [-0.3, -0.25) is 4.79 Å². The molecular weight excluding hydrogens is 355 g/mol. The van der Waals surface area contributed by atoms with Gasteiger partial charge >= 0.3 is 0 Å². The lowest BCUT2D eigenvalue weighted by Crippen LogP contribution is -2.14. The van der Waals surface area contributed by atoms with E-state index >= 15 is 0 Å². The van der Waals surface area contributed by atoms with E-state index in [0.29, 0.717) is 26.5 Å². The largest absolute Gasteiger partial charge is 0.331 e. The fourth-order valence-corrected chi connectivity index (χ4v) is 3.08. The summed E-state index contributed by atoms with van der Waals surface area (Å²) in [4.78, 5) is 23.5. The standard InChI is InChI=1S/C15H12Cl2N4OS/c1-8-2-3-11(10(17)4-8)19-13(22)7-23-15-20-12-5-9(16)6-18-14(12)21-15/h2-6H,7H2,1H3,(H,19,22)(H,18,20,21). The lowest BCUT2D eigenvalue weighted by atomic mass is 10.2. The quantitative estimate of drug-likeness (QED) is 0.675. The van der Waals surface area contributed by atoms with Gasteiger partial charge in [-0.15, -0.1) is 0 Å². The van der Waals surface area contributed by atoms with Crippen LogP contribution in [0.15, 0.2) is 35.6 Å². The molecule has 0 fully saturated rings. The Morgan fingerprint density at radius 2 is 2.17 bits per heavy atom. The zero-order chi connectivity index (χ0) is 16.4. The highest BCUT2D eigenvalue weighted by Crippen LogP contribution is 2.24. The minimum absolute atomic E-state index is 0.160. The predicted octanol–water partition coefficient (Wildman–Crippen LogP) is 4.30. The maximum atomic E-state index is 12.0. The van der Waals surface area contributed by atoms with Crippen LogP contribution in [0, 0.1) is 6.92 Å². The number of aryl methyl sites for hydroxylation is 1. The first-order valence-electron chi connectivity index (χ1n) is 6.71. The van der Waals surface area contributed by atoms with Gasteiger partial charge in [-0.1, -0.05) is 41.0 Å². The highest BCUT2D eigenvalue weighted by molar-refractivity contribution is 7.99. The number of nitrogens with one attached hydrogen (secondary N) is 2. The molecule has 0 bridgehead atoms. The van der Waals surface area contributed by atoms with Gasteiger partial charge in [0.15, 0.2) is 10.8 Å². The lowest BCUT2D eigenvalue weighted by Gasteiger charge is -2.07. The summed E-state index contributed by atoms with van der Waals surface area (Å²) in [6.45, 7) is 1.94. The van der Waals surface area contributed by atoms with Crippen molar-refractivity contribution in [2.75, 3.05) is 11.1 Å². The average molecular weight is 367 g/mol. The van der Waals surface area contributed by atoms with Gasteiger partial charge in [0, 0.05) is 6.20 Å². The summed E-state index contributed by atoms with van der Waals surface area (Å²) in [6, 6.07) is 7.22. The maximum absolute atomic E-state index is 12.0. The number of aromatic nitrogens is 3. The highest BCUT2D eigenvalue weighted by Gasteiger charge is 2.10. The smallest absolute Gasteiger partial charge is 0.234 e. The zero-order valence-electron chi connectivity index (χ0n) is 12.1.